The third-order valence-electron chi connectivity index (χ3n) is 5.02. The second kappa shape index (κ2) is 7.26. The Bertz CT molecular complexity index is 876. The van der Waals surface area contributed by atoms with Gasteiger partial charge in [-0.2, -0.15) is 0 Å². The summed E-state index contributed by atoms with van der Waals surface area (Å²) in [6.07, 6.45) is 5.27. The zero-order chi connectivity index (χ0) is 18.8. The Morgan fingerprint density at radius 3 is 2.81 bits per heavy atom. The Kier molecular flexibility index (Phi) is 4.66. The molecule has 7 nitrogen and oxygen atoms in total. The monoisotopic (exact) mass is 365 g/mol. The lowest BCUT2D eigenvalue weighted by atomic mass is 10.1. The number of hydrogen-bond acceptors (Lipinski definition) is 5. The first-order valence-corrected chi connectivity index (χ1v) is 9.28. The van der Waals surface area contributed by atoms with Gasteiger partial charge in [0.1, 0.15) is 0 Å². The van der Waals surface area contributed by atoms with Gasteiger partial charge in [-0.3, -0.25) is 9.59 Å². The molecule has 2 aliphatic rings. The van der Waals surface area contributed by atoms with Gasteiger partial charge >= 0.3 is 0 Å². The van der Waals surface area contributed by atoms with Crippen molar-refractivity contribution in [2.75, 3.05) is 47.1 Å². The summed E-state index contributed by atoms with van der Waals surface area (Å²) in [5.74, 6) is 0.519. The number of carbonyl (C=O) groups is 2. The molecule has 140 valence electrons. The van der Waals surface area contributed by atoms with Crippen molar-refractivity contribution in [3.8, 4) is 0 Å². The van der Waals surface area contributed by atoms with E-state index in [0.29, 0.717) is 23.5 Å². The van der Waals surface area contributed by atoms with Gasteiger partial charge in [-0.15, -0.1) is 0 Å². The molecule has 2 amide bonds. The molecule has 1 aromatic heterocycles. The van der Waals surface area contributed by atoms with Crippen molar-refractivity contribution in [3.05, 3.63) is 42.1 Å². The summed E-state index contributed by atoms with van der Waals surface area (Å²) >= 11 is 0. The number of anilines is 4. The van der Waals surface area contributed by atoms with Crippen LogP contribution in [0.15, 0.2) is 36.5 Å². The zero-order valence-corrected chi connectivity index (χ0v) is 15.4. The van der Waals surface area contributed by atoms with E-state index < -0.39 is 0 Å². The Labute approximate surface area is 158 Å². The number of benzene rings is 1. The number of carbonyl (C=O) groups excluding carboxylic acids is 2. The van der Waals surface area contributed by atoms with Gasteiger partial charge in [0, 0.05) is 31.9 Å². The molecule has 1 aromatic carbocycles. The molecule has 0 radical (unpaired) electrons. The molecule has 0 saturated carbocycles. The molecule has 0 bridgehead atoms. The third kappa shape index (κ3) is 3.58. The van der Waals surface area contributed by atoms with E-state index in [-0.39, 0.29) is 11.8 Å². The van der Waals surface area contributed by atoms with Crippen LogP contribution in [0.5, 0.6) is 0 Å². The second-order valence-electron chi connectivity index (χ2n) is 7.01. The smallest absolute Gasteiger partial charge is 0.255 e. The van der Waals surface area contributed by atoms with Gasteiger partial charge in [0.25, 0.3) is 5.91 Å². The maximum atomic E-state index is 12.8. The minimum atomic E-state index is -0.216. The number of pyridine rings is 1. The molecule has 0 spiro atoms. The van der Waals surface area contributed by atoms with E-state index in [4.69, 9.17) is 0 Å². The maximum absolute atomic E-state index is 12.8. The molecule has 7 heteroatoms. The quantitative estimate of drug-likeness (QED) is 0.874. The summed E-state index contributed by atoms with van der Waals surface area (Å²) in [6, 6.07) is 9.06. The predicted molar refractivity (Wildman–Crippen MR) is 107 cm³/mol. The van der Waals surface area contributed by atoms with E-state index in [1.807, 2.05) is 30.1 Å². The highest BCUT2D eigenvalue weighted by molar-refractivity contribution is 6.08. The van der Waals surface area contributed by atoms with Crippen LogP contribution in [-0.4, -0.2) is 43.5 Å². The number of likely N-dealkylation sites (N-methyl/N-ethyl adjacent to an activating group) is 1. The second-order valence-corrected chi connectivity index (χ2v) is 7.01. The summed E-state index contributed by atoms with van der Waals surface area (Å²) in [5, 5.41) is 5.82. The number of rotatable bonds is 3. The Morgan fingerprint density at radius 1 is 1.19 bits per heavy atom. The number of aromatic nitrogens is 1. The average molecular weight is 365 g/mol. The van der Waals surface area contributed by atoms with Gasteiger partial charge < -0.3 is 20.4 Å². The van der Waals surface area contributed by atoms with Crippen LogP contribution in [0.1, 0.15) is 29.6 Å². The molecule has 4 rings (SSSR count). The van der Waals surface area contributed by atoms with Crippen LogP contribution in [0.25, 0.3) is 0 Å². The highest BCUT2D eigenvalue weighted by atomic mass is 16.2. The van der Waals surface area contributed by atoms with Gasteiger partial charge in [-0.25, -0.2) is 4.98 Å². The van der Waals surface area contributed by atoms with E-state index in [1.54, 1.807) is 18.3 Å². The molecule has 1 saturated heterocycles. The lowest BCUT2D eigenvalue weighted by Crippen LogP contribution is -2.35. The average Bonchev–Trinajstić information content (AvgIpc) is 2.68. The molecular formula is C20H23N5O2. The van der Waals surface area contributed by atoms with E-state index >= 15 is 0 Å². The molecular weight excluding hydrogens is 342 g/mol. The highest BCUT2D eigenvalue weighted by Crippen LogP contribution is 2.30. The van der Waals surface area contributed by atoms with Crippen LogP contribution < -0.4 is 20.4 Å². The Balaban J connectivity index is 1.57. The number of nitrogens with zero attached hydrogens (tertiary/aromatic N) is 3. The topological polar surface area (TPSA) is 77.6 Å². The first-order valence-electron chi connectivity index (χ1n) is 9.28. The molecule has 0 aliphatic carbocycles. The van der Waals surface area contributed by atoms with E-state index in [1.165, 1.54) is 6.42 Å². The number of piperidine rings is 1. The summed E-state index contributed by atoms with van der Waals surface area (Å²) < 4.78 is 0. The van der Waals surface area contributed by atoms with E-state index in [2.05, 4.69) is 20.5 Å². The molecule has 0 atom stereocenters. The van der Waals surface area contributed by atoms with Crippen molar-refractivity contribution >= 4 is 34.7 Å². The molecule has 2 N–H and O–H groups in total. The largest absolute Gasteiger partial charge is 0.364 e. The first kappa shape index (κ1) is 17.3. The highest BCUT2D eigenvalue weighted by Gasteiger charge is 2.21. The fraction of sp³-hybridized carbons (Fsp3) is 0.350. The first-order chi connectivity index (χ1) is 13.1. The fourth-order valence-electron chi connectivity index (χ4n) is 3.65. The van der Waals surface area contributed by atoms with Crippen LogP contribution in [-0.2, 0) is 4.79 Å². The van der Waals surface area contributed by atoms with Gasteiger partial charge in [-0.05, 0) is 49.6 Å². The van der Waals surface area contributed by atoms with Gasteiger partial charge in [-0.1, -0.05) is 0 Å². The number of hydrogen-bond donors (Lipinski definition) is 2. The lowest BCUT2D eigenvalue weighted by Gasteiger charge is -2.29. The lowest BCUT2D eigenvalue weighted by molar-refractivity contribution is -0.115. The Hall–Kier alpha value is -3.09. The van der Waals surface area contributed by atoms with Gasteiger partial charge in [0.15, 0.2) is 5.82 Å². The summed E-state index contributed by atoms with van der Waals surface area (Å²) in [5.41, 5.74) is 2.77. The van der Waals surface area contributed by atoms with Crippen molar-refractivity contribution in [3.63, 3.8) is 0 Å². The van der Waals surface area contributed by atoms with Crippen molar-refractivity contribution < 1.29 is 9.59 Å². The van der Waals surface area contributed by atoms with Crippen molar-refractivity contribution in [2.24, 2.45) is 0 Å². The normalized spacial score (nSPS) is 16.6. The van der Waals surface area contributed by atoms with E-state index in [0.717, 1.165) is 37.4 Å². The number of fused-ring (bicyclic) bond motifs is 1. The fourth-order valence-corrected chi connectivity index (χ4v) is 3.65. The van der Waals surface area contributed by atoms with Gasteiger partial charge in [0.2, 0.25) is 5.91 Å². The van der Waals surface area contributed by atoms with Crippen molar-refractivity contribution in [1.29, 1.82) is 0 Å². The summed E-state index contributed by atoms with van der Waals surface area (Å²) in [4.78, 5) is 33.2. The molecule has 2 aliphatic heterocycles. The van der Waals surface area contributed by atoms with Crippen LogP contribution >= 0.6 is 0 Å². The summed E-state index contributed by atoms with van der Waals surface area (Å²) in [6.45, 7) is 2.22. The third-order valence-corrected chi connectivity index (χ3v) is 5.02. The molecule has 1 fully saturated rings. The molecule has 27 heavy (non-hydrogen) atoms. The molecule has 0 unspecified atom stereocenters. The van der Waals surface area contributed by atoms with Crippen LogP contribution in [0.4, 0.5) is 22.9 Å². The predicted octanol–water partition coefficient (Wildman–Crippen LogP) is 2.71. The van der Waals surface area contributed by atoms with Crippen LogP contribution in [0.3, 0.4) is 0 Å². The molecule has 3 heterocycles. The van der Waals surface area contributed by atoms with Gasteiger partial charge in [0.05, 0.1) is 23.6 Å². The number of amides is 2. The van der Waals surface area contributed by atoms with Crippen molar-refractivity contribution in [1.82, 2.24) is 4.98 Å². The van der Waals surface area contributed by atoms with Crippen molar-refractivity contribution in [2.45, 2.75) is 19.3 Å². The van der Waals surface area contributed by atoms with Crippen LogP contribution in [0.2, 0.25) is 0 Å². The minimum absolute atomic E-state index is 0.0813. The maximum Gasteiger partial charge on any atom is 0.255 e. The minimum Gasteiger partial charge on any atom is -0.364 e. The van der Waals surface area contributed by atoms with E-state index in [9.17, 15) is 9.59 Å². The molecule has 2 aromatic rings. The zero-order valence-electron chi connectivity index (χ0n) is 15.4. The van der Waals surface area contributed by atoms with Crippen LogP contribution in [0, 0.1) is 0 Å². The number of nitrogens with one attached hydrogen (secondary N) is 2. The SMILES string of the molecule is CN1CC(=O)Nc2cc(C(=O)Nc3cccnc3N3CCCCC3)ccc21. The summed E-state index contributed by atoms with van der Waals surface area (Å²) in [7, 11) is 1.86. The Morgan fingerprint density at radius 2 is 2.00 bits per heavy atom. The standard InChI is InChI=1S/C20H23N5O2/c1-24-13-18(26)22-16-12-14(7-8-17(16)24)20(27)23-15-6-5-9-21-19(15)25-10-3-2-4-11-25/h5-9,12H,2-4,10-11,13H2,1H3,(H,22,26)(H,23,27).